The molecule has 0 spiro atoms. The third-order valence-electron chi connectivity index (χ3n) is 5.45. The second-order valence-electron chi connectivity index (χ2n) is 7.59. The quantitative estimate of drug-likeness (QED) is 0.603. The zero-order valence-electron chi connectivity index (χ0n) is 16.9. The van der Waals surface area contributed by atoms with Gasteiger partial charge in [-0.25, -0.2) is 4.98 Å². The topological polar surface area (TPSA) is 83.3 Å². The number of pyridine rings is 1. The molecule has 4 rings (SSSR count). The number of piperazine rings is 1. The lowest BCUT2D eigenvalue weighted by Gasteiger charge is -2.29. The summed E-state index contributed by atoms with van der Waals surface area (Å²) < 4.78 is 0. The van der Waals surface area contributed by atoms with Gasteiger partial charge in [0.2, 0.25) is 0 Å². The molecule has 1 aliphatic heterocycles. The van der Waals surface area contributed by atoms with Gasteiger partial charge in [0.1, 0.15) is 9.71 Å². The first kappa shape index (κ1) is 19.7. The molecule has 3 heterocycles. The van der Waals surface area contributed by atoms with Gasteiger partial charge in [0, 0.05) is 49.5 Å². The van der Waals surface area contributed by atoms with E-state index in [1.165, 1.54) is 22.6 Å². The van der Waals surface area contributed by atoms with Crippen LogP contribution in [0.2, 0.25) is 0 Å². The molecule has 3 aromatic rings. The van der Waals surface area contributed by atoms with Crippen molar-refractivity contribution in [2.24, 2.45) is 0 Å². The third-order valence-corrected chi connectivity index (χ3v) is 6.57. The van der Waals surface area contributed by atoms with Gasteiger partial charge < -0.3 is 21.3 Å². The second-order valence-corrected chi connectivity index (χ2v) is 8.59. The minimum Gasteiger partial charge on any atom is -0.397 e. The zero-order valence-corrected chi connectivity index (χ0v) is 17.7. The van der Waals surface area contributed by atoms with E-state index in [1.807, 2.05) is 19.1 Å². The van der Waals surface area contributed by atoms with Crippen LogP contribution in [0.25, 0.3) is 10.2 Å². The maximum absolute atomic E-state index is 12.7. The number of aryl methyl sites for hydroxylation is 1. The highest BCUT2D eigenvalue weighted by Crippen LogP contribution is 2.32. The monoisotopic (exact) mass is 409 g/mol. The van der Waals surface area contributed by atoms with Gasteiger partial charge in [0.15, 0.2) is 0 Å². The van der Waals surface area contributed by atoms with E-state index < -0.39 is 0 Å². The number of nitrogens with one attached hydrogen (secondary N) is 2. The lowest BCUT2D eigenvalue weighted by molar-refractivity contribution is 0.0956. The van der Waals surface area contributed by atoms with Crippen LogP contribution in [0.1, 0.15) is 33.8 Å². The van der Waals surface area contributed by atoms with Crippen molar-refractivity contribution in [1.82, 2.24) is 15.6 Å². The van der Waals surface area contributed by atoms with E-state index in [0.29, 0.717) is 17.1 Å². The number of thiophene rings is 1. The lowest BCUT2D eigenvalue weighted by Crippen LogP contribution is -2.43. The first-order chi connectivity index (χ1) is 14.0. The molecule has 29 heavy (non-hydrogen) atoms. The van der Waals surface area contributed by atoms with Gasteiger partial charge in [-0.05, 0) is 42.7 Å². The number of benzene rings is 1. The fraction of sp³-hybridized carbons (Fsp3) is 0.364. The maximum Gasteiger partial charge on any atom is 0.263 e. The summed E-state index contributed by atoms with van der Waals surface area (Å²) >= 11 is 1.35. The lowest BCUT2D eigenvalue weighted by atomic mass is 10.0. The summed E-state index contributed by atoms with van der Waals surface area (Å²) in [5.74, 6) is 0.0828. The predicted molar refractivity (Wildman–Crippen MR) is 121 cm³/mol. The maximum atomic E-state index is 12.7. The Kier molecular flexibility index (Phi) is 5.69. The highest BCUT2D eigenvalue weighted by Gasteiger charge is 2.18. The minimum atomic E-state index is -0.132. The molecule has 0 unspecified atom stereocenters. The van der Waals surface area contributed by atoms with Gasteiger partial charge >= 0.3 is 0 Å². The fourth-order valence-corrected chi connectivity index (χ4v) is 4.69. The molecular weight excluding hydrogens is 382 g/mol. The molecule has 4 N–H and O–H groups in total. The van der Waals surface area contributed by atoms with Crippen LogP contribution in [-0.2, 0) is 0 Å². The number of nitrogens with zero attached hydrogens (tertiary/aromatic N) is 2. The number of carbonyl (C=O) groups excluding carboxylic acids is 1. The van der Waals surface area contributed by atoms with E-state index in [4.69, 9.17) is 5.73 Å². The van der Waals surface area contributed by atoms with E-state index in [0.717, 1.165) is 42.1 Å². The summed E-state index contributed by atoms with van der Waals surface area (Å²) in [6.07, 6.45) is 0. The van der Waals surface area contributed by atoms with Crippen LogP contribution < -0.4 is 21.3 Å². The van der Waals surface area contributed by atoms with Gasteiger partial charge in [-0.15, -0.1) is 11.3 Å². The largest absolute Gasteiger partial charge is 0.397 e. The number of amides is 1. The van der Waals surface area contributed by atoms with E-state index in [-0.39, 0.29) is 11.8 Å². The normalized spacial score (nSPS) is 15.4. The summed E-state index contributed by atoms with van der Waals surface area (Å²) in [5, 5.41) is 7.26. The first-order valence-corrected chi connectivity index (χ1v) is 10.8. The molecule has 152 valence electrons. The fourth-order valence-electron chi connectivity index (χ4n) is 3.64. The van der Waals surface area contributed by atoms with Gasteiger partial charge in [0.25, 0.3) is 5.91 Å². The summed E-state index contributed by atoms with van der Waals surface area (Å²) in [4.78, 5) is 20.9. The Bertz CT molecular complexity index is 1010. The Balaban J connectivity index is 1.39. The van der Waals surface area contributed by atoms with Crippen molar-refractivity contribution in [2.75, 3.05) is 43.4 Å². The number of aromatic nitrogens is 1. The van der Waals surface area contributed by atoms with Crippen molar-refractivity contribution < 1.29 is 4.79 Å². The van der Waals surface area contributed by atoms with Crippen LogP contribution in [0.3, 0.4) is 0 Å². The van der Waals surface area contributed by atoms with Gasteiger partial charge in [0.05, 0.1) is 5.69 Å². The zero-order chi connectivity index (χ0) is 20.4. The molecule has 0 saturated carbocycles. The Labute approximate surface area is 175 Å². The number of nitrogens with two attached hydrogens (primary N) is 1. The van der Waals surface area contributed by atoms with Crippen molar-refractivity contribution >= 4 is 38.8 Å². The minimum absolute atomic E-state index is 0.132. The molecule has 6 nitrogen and oxygen atoms in total. The van der Waals surface area contributed by atoms with Crippen LogP contribution in [0, 0.1) is 6.92 Å². The van der Waals surface area contributed by atoms with Crippen LogP contribution in [-0.4, -0.2) is 43.6 Å². The Morgan fingerprint density at radius 1 is 1.24 bits per heavy atom. The molecule has 0 aliphatic carbocycles. The van der Waals surface area contributed by atoms with Gasteiger partial charge in [-0.2, -0.15) is 0 Å². The Morgan fingerprint density at radius 3 is 2.69 bits per heavy atom. The Hall–Kier alpha value is -2.64. The molecule has 1 atom stereocenters. The van der Waals surface area contributed by atoms with Crippen LogP contribution in [0.5, 0.6) is 0 Å². The SMILES string of the molecule is Cc1ccc2c(N)c(C(=O)NC[C@H](C)c3ccc(N4CCNCC4)cc3)sc2n1. The van der Waals surface area contributed by atoms with Crippen molar-refractivity contribution in [3.05, 3.63) is 52.5 Å². The van der Waals surface area contributed by atoms with Crippen LogP contribution in [0.4, 0.5) is 11.4 Å². The predicted octanol–water partition coefficient (Wildman–Crippen LogP) is 3.13. The molecule has 1 amide bonds. The van der Waals surface area contributed by atoms with Crippen LogP contribution in [0.15, 0.2) is 36.4 Å². The molecule has 1 fully saturated rings. The third kappa shape index (κ3) is 4.21. The van der Waals surface area contributed by atoms with E-state index in [2.05, 4.69) is 51.7 Å². The highest BCUT2D eigenvalue weighted by atomic mass is 32.1. The molecule has 0 bridgehead atoms. The summed E-state index contributed by atoms with van der Waals surface area (Å²) in [6, 6.07) is 12.5. The smallest absolute Gasteiger partial charge is 0.263 e. The summed E-state index contributed by atoms with van der Waals surface area (Å²) in [7, 11) is 0. The molecular formula is C22H27N5OS. The molecule has 1 aromatic carbocycles. The van der Waals surface area contributed by atoms with Crippen molar-refractivity contribution in [3.8, 4) is 0 Å². The number of nitrogen functional groups attached to an aromatic ring is 1. The highest BCUT2D eigenvalue weighted by molar-refractivity contribution is 7.21. The van der Waals surface area contributed by atoms with Gasteiger partial charge in [-0.3, -0.25) is 4.79 Å². The van der Waals surface area contributed by atoms with Gasteiger partial charge in [-0.1, -0.05) is 19.1 Å². The van der Waals surface area contributed by atoms with Crippen molar-refractivity contribution in [1.29, 1.82) is 0 Å². The van der Waals surface area contributed by atoms with E-state index >= 15 is 0 Å². The average Bonchev–Trinajstić information content (AvgIpc) is 3.08. The number of carbonyl (C=O) groups is 1. The van der Waals surface area contributed by atoms with Crippen molar-refractivity contribution in [2.45, 2.75) is 19.8 Å². The summed E-state index contributed by atoms with van der Waals surface area (Å²) in [5.41, 5.74) is 10.1. The van der Waals surface area contributed by atoms with E-state index in [1.54, 1.807) is 0 Å². The molecule has 1 aliphatic rings. The number of anilines is 2. The summed E-state index contributed by atoms with van der Waals surface area (Å²) in [6.45, 7) is 8.75. The van der Waals surface area contributed by atoms with Crippen LogP contribution >= 0.6 is 11.3 Å². The standard InChI is InChI=1S/C22H27N5OS/c1-14(16-4-6-17(7-5-16)27-11-9-24-10-12-27)13-25-21(28)20-19(23)18-8-3-15(2)26-22(18)29-20/h3-8,14,24H,9-13,23H2,1-2H3,(H,25,28)/t14-/m0/s1. The van der Waals surface area contributed by atoms with E-state index in [9.17, 15) is 4.79 Å². The average molecular weight is 410 g/mol. The van der Waals surface area contributed by atoms with Crippen molar-refractivity contribution in [3.63, 3.8) is 0 Å². The Morgan fingerprint density at radius 2 is 1.97 bits per heavy atom. The number of hydrogen-bond donors (Lipinski definition) is 3. The number of fused-ring (bicyclic) bond motifs is 1. The second kappa shape index (κ2) is 8.39. The molecule has 0 radical (unpaired) electrons. The molecule has 2 aromatic heterocycles. The first-order valence-electron chi connectivity index (χ1n) is 10.0. The molecule has 1 saturated heterocycles. The number of hydrogen-bond acceptors (Lipinski definition) is 6. The number of rotatable bonds is 5. The molecule has 7 heteroatoms.